The van der Waals surface area contributed by atoms with Gasteiger partial charge >= 0.3 is 0 Å². The van der Waals surface area contributed by atoms with Crippen molar-refractivity contribution in [3.05, 3.63) is 36.0 Å². The molecule has 1 fully saturated rings. The molecule has 23 heavy (non-hydrogen) atoms. The molecule has 1 aromatic carbocycles. The first kappa shape index (κ1) is 15.5. The minimum atomic E-state index is -0.416. The molecule has 1 amide bonds. The van der Waals surface area contributed by atoms with Crippen molar-refractivity contribution in [2.75, 3.05) is 26.7 Å². The quantitative estimate of drug-likeness (QED) is 0.640. The molecule has 2 unspecified atom stereocenters. The maximum Gasteiger partial charge on any atom is 0.255 e. The van der Waals surface area contributed by atoms with E-state index in [4.69, 9.17) is 4.74 Å². The van der Waals surface area contributed by atoms with E-state index >= 15 is 0 Å². The van der Waals surface area contributed by atoms with Crippen LogP contribution in [0.1, 0.15) is 10.4 Å². The fourth-order valence-corrected chi connectivity index (χ4v) is 2.68. The van der Waals surface area contributed by atoms with Crippen molar-refractivity contribution in [2.45, 2.75) is 6.10 Å². The Balaban J connectivity index is 1.70. The van der Waals surface area contributed by atoms with E-state index < -0.39 is 6.10 Å². The van der Waals surface area contributed by atoms with Gasteiger partial charge in [0.15, 0.2) is 0 Å². The van der Waals surface area contributed by atoms with Gasteiger partial charge in [0, 0.05) is 31.1 Å². The summed E-state index contributed by atoms with van der Waals surface area (Å²) in [7, 11) is 1.61. The SMILES string of the molecule is COc1ccc(-c2[nH]ncc2C(=O)NCC2CNCC2O)cc1. The van der Waals surface area contributed by atoms with Crippen molar-refractivity contribution in [1.82, 2.24) is 20.8 Å². The average Bonchev–Trinajstić information content (AvgIpc) is 3.22. The molecular formula is C16H20N4O3. The number of carbonyl (C=O) groups is 1. The Morgan fingerprint density at radius 3 is 2.83 bits per heavy atom. The van der Waals surface area contributed by atoms with E-state index in [-0.39, 0.29) is 11.8 Å². The normalized spacial score (nSPS) is 20.4. The number of rotatable bonds is 5. The van der Waals surface area contributed by atoms with Crippen molar-refractivity contribution < 1.29 is 14.6 Å². The van der Waals surface area contributed by atoms with Crippen molar-refractivity contribution in [2.24, 2.45) is 5.92 Å². The zero-order valence-electron chi connectivity index (χ0n) is 12.9. The Kier molecular flexibility index (Phi) is 4.59. The van der Waals surface area contributed by atoms with Crippen molar-refractivity contribution in [3.8, 4) is 17.0 Å². The predicted molar refractivity (Wildman–Crippen MR) is 85.3 cm³/mol. The zero-order chi connectivity index (χ0) is 16.2. The first-order chi connectivity index (χ1) is 11.2. The summed E-state index contributed by atoms with van der Waals surface area (Å²) in [5.74, 6) is 0.584. The lowest BCUT2D eigenvalue weighted by Crippen LogP contribution is -2.34. The predicted octanol–water partition coefficient (Wildman–Crippen LogP) is 0.395. The molecule has 1 aromatic heterocycles. The third-order valence-corrected chi connectivity index (χ3v) is 4.09. The van der Waals surface area contributed by atoms with Crippen LogP contribution in [0.15, 0.2) is 30.5 Å². The molecule has 4 N–H and O–H groups in total. The highest BCUT2D eigenvalue weighted by molar-refractivity contribution is 5.99. The van der Waals surface area contributed by atoms with E-state index in [0.29, 0.717) is 30.9 Å². The number of aromatic nitrogens is 2. The number of ether oxygens (including phenoxy) is 1. The summed E-state index contributed by atoms with van der Waals surface area (Å²) in [4.78, 5) is 12.4. The van der Waals surface area contributed by atoms with Crippen molar-refractivity contribution in [3.63, 3.8) is 0 Å². The number of carbonyl (C=O) groups excluding carboxylic acids is 1. The Morgan fingerprint density at radius 1 is 1.39 bits per heavy atom. The van der Waals surface area contributed by atoms with E-state index in [9.17, 15) is 9.90 Å². The van der Waals surface area contributed by atoms with Gasteiger partial charge in [-0.25, -0.2) is 0 Å². The van der Waals surface area contributed by atoms with Gasteiger partial charge in [0.05, 0.1) is 30.7 Å². The monoisotopic (exact) mass is 316 g/mol. The molecule has 2 atom stereocenters. The van der Waals surface area contributed by atoms with Gasteiger partial charge in [-0.15, -0.1) is 0 Å². The average molecular weight is 316 g/mol. The molecule has 0 bridgehead atoms. The molecule has 7 nitrogen and oxygen atoms in total. The van der Waals surface area contributed by atoms with Gasteiger partial charge in [-0.3, -0.25) is 9.89 Å². The Hall–Kier alpha value is -2.38. The van der Waals surface area contributed by atoms with Gasteiger partial charge in [0.25, 0.3) is 5.91 Å². The van der Waals surface area contributed by atoms with Crippen LogP contribution in [0.25, 0.3) is 11.3 Å². The van der Waals surface area contributed by atoms with Gasteiger partial charge in [-0.1, -0.05) is 0 Å². The molecule has 2 heterocycles. The van der Waals surface area contributed by atoms with Crippen molar-refractivity contribution in [1.29, 1.82) is 0 Å². The standard InChI is InChI=1S/C16H20N4O3/c1-23-12-4-2-10(3-5-12)15-13(8-19-20-15)16(22)18-7-11-6-17-9-14(11)21/h2-5,8,11,14,17,21H,6-7,9H2,1H3,(H,18,22)(H,19,20). The number of aliphatic hydroxyl groups excluding tert-OH is 1. The summed E-state index contributed by atoms with van der Waals surface area (Å²) >= 11 is 0. The zero-order valence-corrected chi connectivity index (χ0v) is 12.9. The Bertz CT molecular complexity index is 668. The van der Waals surface area contributed by atoms with Crippen LogP contribution in [0, 0.1) is 5.92 Å². The largest absolute Gasteiger partial charge is 0.497 e. The summed E-state index contributed by atoms with van der Waals surface area (Å²) in [5, 5.41) is 22.6. The van der Waals surface area contributed by atoms with Gasteiger partial charge < -0.3 is 20.5 Å². The number of β-amino-alcohol motifs (C(OH)–C–C–N with tert-alkyl or cyclic N) is 1. The van der Waals surface area contributed by atoms with Crippen LogP contribution in [-0.2, 0) is 0 Å². The molecule has 0 radical (unpaired) electrons. The van der Waals surface area contributed by atoms with Gasteiger partial charge in [-0.05, 0) is 24.3 Å². The third kappa shape index (κ3) is 3.35. The summed E-state index contributed by atoms with van der Waals surface area (Å²) < 4.78 is 5.14. The molecule has 122 valence electrons. The fourth-order valence-electron chi connectivity index (χ4n) is 2.68. The van der Waals surface area contributed by atoms with Crippen LogP contribution in [0.5, 0.6) is 5.75 Å². The maximum atomic E-state index is 12.4. The number of hydrogen-bond donors (Lipinski definition) is 4. The van der Waals surface area contributed by atoms with E-state index in [1.54, 1.807) is 7.11 Å². The number of amides is 1. The van der Waals surface area contributed by atoms with Crippen LogP contribution < -0.4 is 15.4 Å². The molecule has 2 aromatic rings. The number of aromatic amines is 1. The first-order valence-corrected chi connectivity index (χ1v) is 7.54. The lowest BCUT2D eigenvalue weighted by atomic mass is 10.1. The molecule has 3 rings (SSSR count). The highest BCUT2D eigenvalue weighted by Gasteiger charge is 2.25. The van der Waals surface area contributed by atoms with Gasteiger partial charge in [-0.2, -0.15) is 5.10 Å². The molecule has 1 aliphatic rings. The molecule has 0 spiro atoms. The Morgan fingerprint density at radius 2 is 2.17 bits per heavy atom. The van der Waals surface area contributed by atoms with E-state index in [0.717, 1.165) is 11.3 Å². The molecule has 7 heteroatoms. The lowest BCUT2D eigenvalue weighted by Gasteiger charge is -2.14. The Labute approximate surface area is 134 Å². The number of H-pyrrole nitrogens is 1. The van der Waals surface area contributed by atoms with Crippen molar-refractivity contribution >= 4 is 5.91 Å². The van der Waals surface area contributed by atoms with Crippen LogP contribution >= 0.6 is 0 Å². The number of benzene rings is 1. The lowest BCUT2D eigenvalue weighted by molar-refractivity contribution is 0.0928. The number of aliphatic hydroxyl groups is 1. The van der Waals surface area contributed by atoms with Gasteiger partial charge in [0.2, 0.25) is 0 Å². The van der Waals surface area contributed by atoms with Gasteiger partial charge in [0.1, 0.15) is 5.75 Å². The second-order valence-electron chi connectivity index (χ2n) is 5.58. The summed E-state index contributed by atoms with van der Waals surface area (Å²) in [6, 6.07) is 7.40. The minimum absolute atomic E-state index is 0.0373. The van der Waals surface area contributed by atoms with Crippen LogP contribution in [0.3, 0.4) is 0 Å². The van der Waals surface area contributed by atoms with Crippen LogP contribution in [0.2, 0.25) is 0 Å². The topological polar surface area (TPSA) is 99.3 Å². The second kappa shape index (κ2) is 6.80. The van der Waals surface area contributed by atoms with Crippen LogP contribution in [0.4, 0.5) is 0 Å². The summed E-state index contributed by atoms with van der Waals surface area (Å²) in [5.41, 5.74) is 2.00. The maximum absolute atomic E-state index is 12.4. The highest BCUT2D eigenvalue weighted by atomic mass is 16.5. The second-order valence-corrected chi connectivity index (χ2v) is 5.58. The molecule has 0 saturated carbocycles. The molecule has 1 saturated heterocycles. The number of nitrogens with zero attached hydrogens (tertiary/aromatic N) is 1. The summed E-state index contributed by atoms with van der Waals surface area (Å²) in [6.07, 6.45) is 1.10. The number of nitrogens with one attached hydrogen (secondary N) is 3. The number of hydrogen-bond acceptors (Lipinski definition) is 5. The van der Waals surface area contributed by atoms with Crippen LogP contribution in [-0.4, -0.2) is 54.1 Å². The highest BCUT2D eigenvalue weighted by Crippen LogP contribution is 2.23. The fraction of sp³-hybridized carbons (Fsp3) is 0.375. The molecular weight excluding hydrogens is 296 g/mol. The minimum Gasteiger partial charge on any atom is -0.497 e. The third-order valence-electron chi connectivity index (χ3n) is 4.09. The van der Waals surface area contributed by atoms with E-state index in [1.807, 2.05) is 24.3 Å². The van der Waals surface area contributed by atoms with E-state index in [2.05, 4.69) is 20.8 Å². The molecule has 1 aliphatic heterocycles. The van der Waals surface area contributed by atoms with E-state index in [1.165, 1.54) is 6.20 Å². The first-order valence-electron chi connectivity index (χ1n) is 7.54. The summed E-state index contributed by atoms with van der Waals surface area (Å²) in [6.45, 7) is 1.71. The molecule has 0 aliphatic carbocycles. The smallest absolute Gasteiger partial charge is 0.255 e. The number of methoxy groups -OCH3 is 1.